The van der Waals surface area contributed by atoms with Gasteiger partial charge in [0.2, 0.25) is 0 Å². The summed E-state index contributed by atoms with van der Waals surface area (Å²) in [4.78, 5) is 16.8. The summed E-state index contributed by atoms with van der Waals surface area (Å²) < 4.78 is 5.30. The Hall–Kier alpha value is -3.34. The number of pyridine rings is 1. The second kappa shape index (κ2) is 7.91. The van der Waals surface area contributed by atoms with Crippen LogP contribution in [0.2, 0.25) is 0 Å². The molecule has 0 saturated carbocycles. The van der Waals surface area contributed by atoms with Gasteiger partial charge in [0.15, 0.2) is 0 Å². The van der Waals surface area contributed by atoms with Crippen molar-refractivity contribution < 1.29 is 9.53 Å². The molecule has 3 aromatic rings. The summed E-state index contributed by atoms with van der Waals surface area (Å²) in [6.07, 6.45) is 1.65. The lowest BCUT2D eigenvalue weighted by Gasteiger charge is -2.11. The van der Waals surface area contributed by atoms with Crippen LogP contribution in [0.5, 0.6) is 5.75 Å². The van der Waals surface area contributed by atoms with Crippen LogP contribution in [0.1, 0.15) is 27.2 Å². The average molecular weight is 361 g/mol. The first kappa shape index (κ1) is 18.5. The van der Waals surface area contributed by atoms with Gasteiger partial charge >= 0.3 is 0 Å². The highest BCUT2D eigenvalue weighted by Crippen LogP contribution is 2.26. The summed E-state index contributed by atoms with van der Waals surface area (Å²) in [7, 11) is 1.58. The molecule has 1 heterocycles. The molecule has 0 aliphatic heterocycles. The maximum atomic E-state index is 12.5. The van der Waals surface area contributed by atoms with Gasteiger partial charge in [0.1, 0.15) is 11.4 Å². The summed E-state index contributed by atoms with van der Waals surface area (Å²) in [5, 5.41) is 6.17. The van der Waals surface area contributed by atoms with Gasteiger partial charge in [-0.15, -0.1) is 0 Å². The minimum Gasteiger partial charge on any atom is -0.495 e. The third-order valence-corrected chi connectivity index (χ3v) is 4.11. The molecule has 1 amide bonds. The van der Waals surface area contributed by atoms with E-state index in [0.717, 1.165) is 16.9 Å². The van der Waals surface area contributed by atoms with Gasteiger partial charge in [-0.25, -0.2) is 4.98 Å². The summed E-state index contributed by atoms with van der Waals surface area (Å²) in [6.45, 7) is 6.08. The molecule has 0 atom stereocenters. The zero-order valence-corrected chi connectivity index (χ0v) is 16.0. The van der Waals surface area contributed by atoms with Crippen LogP contribution in [0.25, 0.3) is 0 Å². The smallest absolute Gasteiger partial charge is 0.274 e. The molecule has 0 fully saturated rings. The Bertz CT molecular complexity index is 946. The highest BCUT2D eigenvalue weighted by molar-refractivity contribution is 6.03. The summed E-state index contributed by atoms with van der Waals surface area (Å²) in [5.74, 6) is 0.332. The van der Waals surface area contributed by atoms with Crippen molar-refractivity contribution in [3.05, 3.63) is 77.1 Å². The molecular formula is C22H23N3O2. The van der Waals surface area contributed by atoms with Gasteiger partial charge in [-0.1, -0.05) is 12.1 Å². The van der Waals surface area contributed by atoms with Gasteiger partial charge in [-0.05, 0) is 73.9 Å². The lowest BCUT2D eigenvalue weighted by atomic mass is 10.1. The second-order valence-electron chi connectivity index (χ2n) is 6.59. The van der Waals surface area contributed by atoms with Gasteiger partial charge < -0.3 is 15.4 Å². The van der Waals surface area contributed by atoms with Gasteiger partial charge in [-0.2, -0.15) is 0 Å². The third kappa shape index (κ3) is 4.64. The zero-order valence-electron chi connectivity index (χ0n) is 16.0. The van der Waals surface area contributed by atoms with Crippen LogP contribution in [0.4, 0.5) is 17.1 Å². The molecule has 0 radical (unpaired) electrons. The monoisotopic (exact) mass is 361 g/mol. The largest absolute Gasteiger partial charge is 0.495 e. The molecule has 2 N–H and O–H groups in total. The molecule has 5 heteroatoms. The maximum absolute atomic E-state index is 12.5. The fourth-order valence-corrected chi connectivity index (χ4v) is 2.92. The first-order valence-corrected chi connectivity index (χ1v) is 8.72. The number of anilines is 3. The highest BCUT2D eigenvalue weighted by Gasteiger charge is 2.11. The van der Waals surface area contributed by atoms with E-state index in [1.807, 2.05) is 31.2 Å². The molecule has 138 valence electrons. The van der Waals surface area contributed by atoms with Gasteiger partial charge in [0, 0.05) is 5.69 Å². The predicted molar refractivity (Wildman–Crippen MR) is 109 cm³/mol. The number of amides is 1. The van der Waals surface area contributed by atoms with E-state index in [4.69, 9.17) is 4.74 Å². The lowest BCUT2D eigenvalue weighted by molar-refractivity contribution is 0.102. The molecule has 0 bridgehead atoms. The van der Waals surface area contributed by atoms with Crippen molar-refractivity contribution in [3.63, 3.8) is 0 Å². The summed E-state index contributed by atoms with van der Waals surface area (Å²) >= 11 is 0. The number of hydrogen-bond donors (Lipinski definition) is 2. The maximum Gasteiger partial charge on any atom is 0.274 e. The molecule has 0 unspecified atom stereocenters. The van der Waals surface area contributed by atoms with Gasteiger partial charge in [0.25, 0.3) is 5.91 Å². The molecule has 0 spiro atoms. The minimum atomic E-state index is -0.281. The van der Waals surface area contributed by atoms with E-state index in [9.17, 15) is 4.79 Å². The molecule has 5 nitrogen and oxygen atoms in total. The van der Waals surface area contributed by atoms with Crippen LogP contribution in [0, 0.1) is 20.8 Å². The number of carbonyl (C=O) groups is 1. The number of methoxy groups -OCH3 is 1. The Labute approximate surface area is 159 Å². The fourth-order valence-electron chi connectivity index (χ4n) is 2.92. The summed E-state index contributed by atoms with van der Waals surface area (Å²) in [5.41, 5.74) is 6.20. The topological polar surface area (TPSA) is 63.2 Å². The fraction of sp³-hybridized carbons (Fsp3) is 0.182. The Kier molecular flexibility index (Phi) is 5.41. The van der Waals surface area contributed by atoms with Crippen molar-refractivity contribution in [2.24, 2.45) is 0 Å². The molecular weight excluding hydrogens is 338 g/mol. The molecule has 0 aliphatic rings. The van der Waals surface area contributed by atoms with Crippen molar-refractivity contribution in [2.75, 3.05) is 17.7 Å². The van der Waals surface area contributed by atoms with E-state index in [0.29, 0.717) is 17.1 Å². The summed E-state index contributed by atoms with van der Waals surface area (Å²) in [6, 6.07) is 15.4. The first-order valence-electron chi connectivity index (χ1n) is 8.72. The Morgan fingerprint density at radius 3 is 2.26 bits per heavy atom. The third-order valence-electron chi connectivity index (χ3n) is 4.11. The van der Waals surface area contributed by atoms with Crippen molar-refractivity contribution in [1.82, 2.24) is 4.98 Å². The number of hydrogen-bond acceptors (Lipinski definition) is 4. The number of rotatable bonds is 5. The van der Waals surface area contributed by atoms with Crippen LogP contribution in [-0.2, 0) is 0 Å². The van der Waals surface area contributed by atoms with E-state index >= 15 is 0 Å². The lowest BCUT2D eigenvalue weighted by Crippen LogP contribution is -2.14. The van der Waals surface area contributed by atoms with Gasteiger partial charge in [-0.3, -0.25) is 4.79 Å². The van der Waals surface area contributed by atoms with Crippen LogP contribution >= 0.6 is 0 Å². The molecule has 0 saturated heterocycles. The van der Waals surface area contributed by atoms with Crippen LogP contribution in [0.3, 0.4) is 0 Å². The Morgan fingerprint density at radius 1 is 0.889 bits per heavy atom. The van der Waals surface area contributed by atoms with E-state index in [1.165, 1.54) is 11.1 Å². The predicted octanol–water partition coefficient (Wildman–Crippen LogP) is 5.01. The number of nitrogens with zero attached hydrogens (tertiary/aromatic N) is 1. The van der Waals surface area contributed by atoms with Crippen LogP contribution < -0.4 is 15.4 Å². The number of nitrogens with one attached hydrogen (secondary N) is 2. The van der Waals surface area contributed by atoms with Crippen molar-refractivity contribution in [1.29, 1.82) is 0 Å². The van der Waals surface area contributed by atoms with Crippen molar-refractivity contribution in [2.45, 2.75) is 20.8 Å². The van der Waals surface area contributed by atoms with Crippen molar-refractivity contribution in [3.8, 4) is 5.75 Å². The SMILES string of the molecule is COc1ccc(C)cc1NC(=O)c1ccc(Nc2cc(C)cc(C)c2)cn1. The number of aromatic nitrogens is 1. The first-order chi connectivity index (χ1) is 12.9. The molecule has 0 aliphatic carbocycles. The standard InChI is InChI=1S/C22H23N3O2/c1-14-5-8-21(27-4)20(12-14)25-22(26)19-7-6-17(13-23-19)24-18-10-15(2)9-16(3)11-18/h5-13,24H,1-4H3,(H,25,26). The quantitative estimate of drug-likeness (QED) is 0.670. The minimum absolute atomic E-state index is 0.281. The Morgan fingerprint density at radius 2 is 1.63 bits per heavy atom. The van der Waals surface area contributed by atoms with Crippen LogP contribution in [-0.4, -0.2) is 18.0 Å². The molecule has 27 heavy (non-hydrogen) atoms. The Balaban J connectivity index is 1.73. The van der Waals surface area contributed by atoms with E-state index in [-0.39, 0.29) is 5.91 Å². The molecule has 2 aromatic carbocycles. The van der Waals surface area contributed by atoms with E-state index in [2.05, 4.69) is 47.7 Å². The van der Waals surface area contributed by atoms with E-state index in [1.54, 1.807) is 19.4 Å². The number of benzene rings is 2. The van der Waals surface area contributed by atoms with E-state index < -0.39 is 0 Å². The van der Waals surface area contributed by atoms with Gasteiger partial charge in [0.05, 0.1) is 24.7 Å². The highest BCUT2D eigenvalue weighted by atomic mass is 16.5. The van der Waals surface area contributed by atoms with Crippen molar-refractivity contribution >= 4 is 23.0 Å². The number of aryl methyl sites for hydroxylation is 3. The average Bonchev–Trinajstić information content (AvgIpc) is 2.61. The normalized spacial score (nSPS) is 10.4. The zero-order chi connectivity index (χ0) is 19.4. The molecule has 1 aromatic heterocycles. The van der Waals surface area contributed by atoms with Crippen LogP contribution in [0.15, 0.2) is 54.7 Å². The number of carbonyl (C=O) groups excluding carboxylic acids is 1. The second-order valence-corrected chi connectivity index (χ2v) is 6.59. The number of ether oxygens (including phenoxy) is 1. The molecule has 3 rings (SSSR count).